The highest BCUT2D eigenvalue weighted by Gasteiger charge is 2.29. The van der Waals surface area contributed by atoms with Crippen molar-refractivity contribution in [3.63, 3.8) is 0 Å². The van der Waals surface area contributed by atoms with E-state index in [0.29, 0.717) is 31.5 Å². The first kappa shape index (κ1) is 33.3. The molecule has 0 saturated carbocycles. The molecule has 0 saturated heterocycles. The third-order valence-corrected chi connectivity index (χ3v) is 7.04. The van der Waals surface area contributed by atoms with Gasteiger partial charge in [-0.1, -0.05) is 77.1 Å². The number of benzene rings is 2. The molecule has 0 aliphatic heterocycles. The monoisotopic (exact) mass is 553 g/mol. The summed E-state index contributed by atoms with van der Waals surface area (Å²) < 4.78 is 11.2. The third kappa shape index (κ3) is 12.1. The van der Waals surface area contributed by atoms with Crippen molar-refractivity contribution >= 4 is 11.8 Å². The van der Waals surface area contributed by atoms with E-state index in [1.54, 1.807) is 7.11 Å². The average molecular weight is 554 g/mol. The van der Waals surface area contributed by atoms with E-state index < -0.39 is 6.04 Å². The Labute approximate surface area is 242 Å². The van der Waals surface area contributed by atoms with E-state index in [1.807, 2.05) is 68.6 Å². The molecule has 2 amide bonds. The lowest BCUT2D eigenvalue weighted by atomic mass is 9.99. The molecule has 40 heavy (non-hydrogen) atoms. The number of carbonyl (C=O) groups is 2. The molecule has 0 bridgehead atoms. The predicted octanol–water partition coefficient (Wildman–Crippen LogP) is 5.23. The van der Waals surface area contributed by atoms with Crippen LogP contribution in [0.5, 0.6) is 5.75 Å². The van der Waals surface area contributed by atoms with Gasteiger partial charge in [-0.05, 0) is 68.0 Å². The van der Waals surface area contributed by atoms with Crippen molar-refractivity contribution in [2.24, 2.45) is 11.8 Å². The highest BCUT2D eigenvalue weighted by atomic mass is 16.5. The van der Waals surface area contributed by atoms with Gasteiger partial charge in [-0.3, -0.25) is 14.5 Å². The largest absolute Gasteiger partial charge is 0.489 e. The lowest BCUT2D eigenvalue weighted by Gasteiger charge is -2.31. The van der Waals surface area contributed by atoms with Gasteiger partial charge < -0.3 is 20.1 Å². The number of carbonyl (C=O) groups excluding carboxylic acids is 2. The van der Waals surface area contributed by atoms with Crippen molar-refractivity contribution < 1.29 is 19.1 Å². The van der Waals surface area contributed by atoms with Gasteiger partial charge in [0.25, 0.3) is 0 Å². The minimum atomic E-state index is -0.706. The molecular weight excluding hydrogens is 502 g/mol. The predicted molar refractivity (Wildman–Crippen MR) is 162 cm³/mol. The summed E-state index contributed by atoms with van der Waals surface area (Å²) in [5, 5.41) is 6.18. The molecule has 0 aromatic heterocycles. The summed E-state index contributed by atoms with van der Waals surface area (Å²) >= 11 is 0. The van der Waals surface area contributed by atoms with Crippen LogP contribution in [0.15, 0.2) is 54.6 Å². The highest BCUT2D eigenvalue weighted by Crippen LogP contribution is 2.17. The number of likely N-dealkylation sites (N-methyl/N-ethyl adjacent to an activating group) is 1. The molecule has 7 nitrogen and oxygen atoms in total. The van der Waals surface area contributed by atoms with E-state index in [4.69, 9.17) is 9.47 Å². The first-order valence-corrected chi connectivity index (χ1v) is 14.7. The van der Waals surface area contributed by atoms with Crippen LogP contribution in [0.25, 0.3) is 0 Å². The van der Waals surface area contributed by atoms with E-state index in [2.05, 4.69) is 43.2 Å². The Morgan fingerprint density at radius 2 is 1.55 bits per heavy atom. The van der Waals surface area contributed by atoms with Crippen molar-refractivity contribution in [2.75, 3.05) is 27.3 Å². The molecule has 3 atom stereocenters. The van der Waals surface area contributed by atoms with E-state index in [0.717, 1.165) is 42.7 Å². The minimum Gasteiger partial charge on any atom is -0.489 e. The zero-order chi connectivity index (χ0) is 29.5. The maximum atomic E-state index is 13.6. The fourth-order valence-corrected chi connectivity index (χ4v) is 4.49. The number of hydrogen-bond donors (Lipinski definition) is 2. The van der Waals surface area contributed by atoms with Crippen LogP contribution < -0.4 is 15.4 Å². The van der Waals surface area contributed by atoms with Crippen LogP contribution in [0.3, 0.4) is 0 Å². The average Bonchev–Trinajstić information content (AvgIpc) is 2.93. The number of hydrogen-bond acceptors (Lipinski definition) is 5. The minimum absolute atomic E-state index is 0.109. The van der Waals surface area contributed by atoms with Crippen LogP contribution in [-0.4, -0.2) is 62.1 Å². The molecule has 222 valence electrons. The van der Waals surface area contributed by atoms with Gasteiger partial charge in [0.2, 0.25) is 11.8 Å². The van der Waals surface area contributed by atoms with Crippen molar-refractivity contribution in [1.29, 1.82) is 0 Å². The number of rotatable bonds is 18. The summed E-state index contributed by atoms with van der Waals surface area (Å²) in [6.07, 6.45) is 2.85. The molecule has 0 radical (unpaired) electrons. The van der Waals surface area contributed by atoms with Crippen LogP contribution in [0.2, 0.25) is 0 Å². The molecule has 2 N–H and O–H groups in total. The van der Waals surface area contributed by atoms with Gasteiger partial charge in [-0.25, -0.2) is 0 Å². The first-order chi connectivity index (χ1) is 19.1. The van der Waals surface area contributed by atoms with Crippen LogP contribution in [0.4, 0.5) is 0 Å². The van der Waals surface area contributed by atoms with Crippen LogP contribution in [0, 0.1) is 11.8 Å². The zero-order valence-corrected chi connectivity index (χ0v) is 25.6. The number of nitrogens with zero attached hydrogens (tertiary/aromatic N) is 1. The van der Waals surface area contributed by atoms with Crippen molar-refractivity contribution in [2.45, 2.75) is 85.0 Å². The zero-order valence-electron chi connectivity index (χ0n) is 25.6. The van der Waals surface area contributed by atoms with Gasteiger partial charge in [0.1, 0.15) is 18.4 Å². The van der Waals surface area contributed by atoms with Gasteiger partial charge in [0.15, 0.2) is 0 Å². The lowest BCUT2D eigenvalue weighted by molar-refractivity contribution is -0.132. The number of ether oxygens (including phenoxy) is 2. The van der Waals surface area contributed by atoms with E-state index >= 15 is 0 Å². The van der Waals surface area contributed by atoms with Gasteiger partial charge in [-0.2, -0.15) is 0 Å². The second-order valence-electron chi connectivity index (χ2n) is 11.6. The summed E-state index contributed by atoms with van der Waals surface area (Å²) in [4.78, 5) is 29.2. The molecule has 0 spiro atoms. The number of nitrogens with one attached hydrogen (secondary N) is 2. The lowest BCUT2D eigenvalue weighted by Crippen LogP contribution is -2.55. The van der Waals surface area contributed by atoms with Crippen molar-refractivity contribution in [3.05, 3.63) is 65.7 Å². The summed E-state index contributed by atoms with van der Waals surface area (Å²) in [5.41, 5.74) is 2.04. The number of amides is 2. The van der Waals surface area contributed by atoms with Gasteiger partial charge in [0, 0.05) is 13.5 Å². The first-order valence-electron chi connectivity index (χ1n) is 14.7. The number of methoxy groups -OCH3 is 1. The standard InChI is InChI=1S/C33H51N3O4/c1-8-28(23-39-7)34-32(37)30(35-33(38)31(20-25(4)5)36(6)19-18-24(2)3)21-26-14-16-29(17-15-26)40-22-27-12-10-9-11-13-27/h9-17,24-25,28,30-31H,8,18-23H2,1-7H3,(H,34,37)(H,35,38)/t28?,30-,31-/m0/s1. The fourth-order valence-electron chi connectivity index (χ4n) is 4.49. The Bertz CT molecular complexity index is 995. The maximum Gasteiger partial charge on any atom is 0.243 e. The summed E-state index contributed by atoms with van der Waals surface area (Å²) in [6.45, 7) is 12.4. The second kappa shape index (κ2) is 17.7. The SMILES string of the molecule is CCC(COC)NC(=O)[C@H](Cc1ccc(OCc2ccccc2)cc1)NC(=O)[C@H](CC(C)C)N(C)CCC(C)C. The van der Waals surface area contributed by atoms with Crippen LogP contribution >= 0.6 is 0 Å². The molecule has 2 aromatic carbocycles. The second-order valence-corrected chi connectivity index (χ2v) is 11.6. The van der Waals surface area contributed by atoms with Gasteiger partial charge in [-0.15, -0.1) is 0 Å². The molecule has 2 rings (SSSR count). The molecule has 0 aliphatic carbocycles. The molecule has 1 unspecified atom stereocenters. The maximum absolute atomic E-state index is 13.6. The van der Waals surface area contributed by atoms with Crippen molar-refractivity contribution in [1.82, 2.24) is 15.5 Å². The normalized spacial score (nSPS) is 13.8. The molecule has 2 aromatic rings. The van der Waals surface area contributed by atoms with Crippen LogP contribution in [-0.2, 0) is 27.4 Å². The van der Waals surface area contributed by atoms with Gasteiger partial charge in [0.05, 0.1) is 18.7 Å². The summed E-state index contributed by atoms with van der Waals surface area (Å²) in [5.74, 6) is 1.35. The molecule has 7 heteroatoms. The summed E-state index contributed by atoms with van der Waals surface area (Å²) in [6, 6.07) is 16.6. The van der Waals surface area contributed by atoms with E-state index in [1.165, 1.54) is 0 Å². The van der Waals surface area contributed by atoms with Crippen molar-refractivity contribution in [3.8, 4) is 5.75 Å². The molecular formula is C33H51N3O4. The Balaban J connectivity index is 2.17. The Kier molecular flexibility index (Phi) is 14.8. The highest BCUT2D eigenvalue weighted by molar-refractivity contribution is 5.90. The molecule has 0 aliphatic rings. The smallest absolute Gasteiger partial charge is 0.243 e. The molecule has 0 fully saturated rings. The Morgan fingerprint density at radius 3 is 2.12 bits per heavy atom. The Hall–Kier alpha value is -2.90. The molecule has 0 heterocycles. The van der Waals surface area contributed by atoms with Gasteiger partial charge >= 0.3 is 0 Å². The van der Waals surface area contributed by atoms with E-state index in [9.17, 15) is 9.59 Å². The van der Waals surface area contributed by atoms with Crippen LogP contribution in [0.1, 0.15) is 65.0 Å². The quantitative estimate of drug-likeness (QED) is 0.264. The Morgan fingerprint density at radius 1 is 0.875 bits per heavy atom. The van der Waals surface area contributed by atoms with E-state index in [-0.39, 0.29) is 23.9 Å². The fraction of sp³-hybridized carbons (Fsp3) is 0.576. The summed E-state index contributed by atoms with van der Waals surface area (Å²) in [7, 11) is 3.63. The third-order valence-electron chi connectivity index (χ3n) is 7.04. The topological polar surface area (TPSA) is 79.9 Å².